The van der Waals surface area contributed by atoms with Gasteiger partial charge in [-0.05, 0) is 24.2 Å². The number of nitrogens with zero attached hydrogens (tertiary/aromatic N) is 1. The Morgan fingerprint density at radius 1 is 1.32 bits per heavy atom. The minimum Gasteiger partial charge on any atom is -0.306 e. The third kappa shape index (κ3) is 3.08. The monoisotopic (exact) mass is 282 g/mol. The van der Waals surface area contributed by atoms with Crippen molar-refractivity contribution in [3.8, 4) is 0 Å². The predicted molar refractivity (Wildman–Crippen MR) is 71.1 cm³/mol. The molecule has 0 fully saturated rings. The molecule has 0 aliphatic heterocycles. The van der Waals surface area contributed by atoms with Crippen molar-refractivity contribution in [2.45, 2.75) is 13.0 Å². The van der Waals surface area contributed by atoms with E-state index in [2.05, 4.69) is 10.3 Å². The van der Waals surface area contributed by atoms with Crippen molar-refractivity contribution in [2.24, 2.45) is 0 Å². The van der Waals surface area contributed by atoms with Crippen molar-refractivity contribution in [2.75, 3.05) is 6.54 Å². The predicted octanol–water partition coefficient (Wildman–Crippen LogP) is 3.71. The van der Waals surface area contributed by atoms with E-state index < -0.39 is 17.7 Å². The highest BCUT2D eigenvalue weighted by atomic mass is 35.5. The number of nitrogens with one attached hydrogen (secondary N) is 1. The molecule has 0 bridgehead atoms. The zero-order valence-corrected chi connectivity index (χ0v) is 11.1. The van der Waals surface area contributed by atoms with Crippen LogP contribution in [0, 0.1) is 11.6 Å². The van der Waals surface area contributed by atoms with Crippen molar-refractivity contribution in [1.82, 2.24) is 10.3 Å². The van der Waals surface area contributed by atoms with E-state index in [9.17, 15) is 8.78 Å². The van der Waals surface area contributed by atoms with Crippen LogP contribution in [0.1, 0.15) is 24.1 Å². The van der Waals surface area contributed by atoms with Crippen LogP contribution in [0.3, 0.4) is 0 Å². The molecule has 0 aliphatic carbocycles. The molecule has 0 amide bonds. The first kappa shape index (κ1) is 13.9. The molecule has 0 saturated heterocycles. The van der Waals surface area contributed by atoms with Crippen LogP contribution in [0.15, 0.2) is 36.7 Å². The van der Waals surface area contributed by atoms with Gasteiger partial charge in [0.1, 0.15) is 11.6 Å². The molecule has 5 heteroatoms. The first-order valence-corrected chi connectivity index (χ1v) is 6.29. The molecular formula is C14H13ClF2N2. The lowest BCUT2D eigenvalue weighted by molar-refractivity contribution is 0.552. The zero-order chi connectivity index (χ0) is 13.8. The van der Waals surface area contributed by atoms with Gasteiger partial charge in [0.25, 0.3) is 0 Å². The van der Waals surface area contributed by atoms with Gasteiger partial charge in [0.05, 0.1) is 17.3 Å². The van der Waals surface area contributed by atoms with E-state index in [0.717, 1.165) is 6.20 Å². The highest BCUT2D eigenvalue weighted by Gasteiger charge is 2.19. The summed E-state index contributed by atoms with van der Waals surface area (Å²) in [4.78, 5) is 3.79. The standard InChI is InChI=1S/C14H13ClF2N2/c1-2-19-14(9-6-10(16)8-18-7-9)11-4-3-5-12(15)13(11)17/h3-8,14,19H,2H2,1H3. The number of hydrogen-bond donors (Lipinski definition) is 1. The van der Waals surface area contributed by atoms with E-state index >= 15 is 0 Å². The summed E-state index contributed by atoms with van der Waals surface area (Å²) in [5, 5.41) is 3.15. The summed E-state index contributed by atoms with van der Waals surface area (Å²) in [5.41, 5.74) is 0.935. The van der Waals surface area contributed by atoms with Crippen molar-refractivity contribution < 1.29 is 8.78 Å². The molecule has 0 spiro atoms. The Morgan fingerprint density at radius 2 is 2.11 bits per heavy atom. The Bertz CT molecular complexity index is 575. The fourth-order valence-electron chi connectivity index (χ4n) is 1.94. The van der Waals surface area contributed by atoms with Crippen molar-refractivity contribution in [3.05, 3.63) is 64.4 Å². The summed E-state index contributed by atoms with van der Waals surface area (Å²) in [6.45, 7) is 2.50. The molecule has 0 radical (unpaired) electrons. The second kappa shape index (κ2) is 6.08. The number of pyridine rings is 1. The van der Waals surface area contributed by atoms with E-state index in [4.69, 9.17) is 11.6 Å². The van der Waals surface area contributed by atoms with Crippen LogP contribution in [-0.4, -0.2) is 11.5 Å². The second-order valence-corrected chi connectivity index (χ2v) is 4.48. The second-order valence-electron chi connectivity index (χ2n) is 4.07. The van der Waals surface area contributed by atoms with Gasteiger partial charge in [-0.1, -0.05) is 30.7 Å². The number of aromatic nitrogens is 1. The van der Waals surface area contributed by atoms with Crippen LogP contribution in [0.25, 0.3) is 0 Å². The summed E-state index contributed by atoms with van der Waals surface area (Å²) in [5.74, 6) is -0.956. The number of halogens is 3. The van der Waals surface area contributed by atoms with Gasteiger partial charge >= 0.3 is 0 Å². The Hall–Kier alpha value is -1.52. The van der Waals surface area contributed by atoms with Crippen LogP contribution < -0.4 is 5.32 Å². The molecule has 1 N–H and O–H groups in total. The Balaban J connectivity index is 2.48. The van der Waals surface area contributed by atoms with Gasteiger partial charge in [0.2, 0.25) is 0 Å². The van der Waals surface area contributed by atoms with Crippen LogP contribution in [-0.2, 0) is 0 Å². The van der Waals surface area contributed by atoms with Crippen molar-refractivity contribution in [1.29, 1.82) is 0 Å². The van der Waals surface area contributed by atoms with Gasteiger partial charge in [0, 0.05) is 11.8 Å². The molecule has 1 unspecified atom stereocenters. The number of hydrogen-bond acceptors (Lipinski definition) is 2. The SMILES string of the molecule is CCNC(c1cncc(F)c1)c1cccc(Cl)c1F. The summed E-state index contributed by atoms with van der Waals surface area (Å²) < 4.78 is 27.3. The molecule has 1 heterocycles. The molecule has 1 aromatic carbocycles. The normalized spacial score (nSPS) is 12.4. The molecule has 2 aromatic rings. The summed E-state index contributed by atoms with van der Waals surface area (Å²) >= 11 is 5.78. The first-order chi connectivity index (χ1) is 9.13. The third-order valence-corrected chi connectivity index (χ3v) is 3.05. The van der Waals surface area contributed by atoms with E-state index in [1.165, 1.54) is 18.3 Å². The van der Waals surface area contributed by atoms with Crippen LogP contribution >= 0.6 is 11.6 Å². The molecule has 0 saturated carbocycles. The molecule has 2 rings (SSSR count). The lowest BCUT2D eigenvalue weighted by atomic mass is 9.99. The average Bonchev–Trinajstić information content (AvgIpc) is 2.40. The maximum atomic E-state index is 14.1. The maximum absolute atomic E-state index is 14.1. The van der Waals surface area contributed by atoms with Crippen LogP contribution in [0.2, 0.25) is 5.02 Å². The molecule has 1 aromatic heterocycles. The maximum Gasteiger partial charge on any atom is 0.146 e. The molecule has 1 atom stereocenters. The smallest absolute Gasteiger partial charge is 0.146 e. The van der Waals surface area contributed by atoms with Crippen LogP contribution in [0.5, 0.6) is 0 Å². The summed E-state index contributed by atoms with van der Waals surface area (Å²) in [6.07, 6.45) is 2.62. The van der Waals surface area contributed by atoms with E-state index in [1.807, 2.05) is 6.92 Å². The Labute approximate surface area is 115 Å². The lowest BCUT2D eigenvalue weighted by Gasteiger charge is -2.19. The topological polar surface area (TPSA) is 24.9 Å². The first-order valence-electron chi connectivity index (χ1n) is 5.91. The number of benzene rings is 1. The van der Waals surface area contributed by atoms with Gasteiger partial charge in [0.15, 0.2) is 0 Å². The third-order valence-electron chi connectivity index (χ3n) is 2.76. The molecule has 19 heavy (non-hydrogen) atoms. The van der Waals surface area contributed by atoms with Crippen molar-refractivity contribution >= 4 is 11.6 Å². The van der Waals surface area contributed by atoms with E-state index in [0.29, 0.717) is 17.7 Å². The fraction of sp³-hybridized carbons (Fsp3) is 0.214. The lowest BCUT2D eigenvalue weighted by Crippen LogP contribution is -2.23. The van der Waals surface area contributed by atoms with Gasteiger partial charge in [-0.2, -0.15) is 0 Å². The zero-order valence-electron chi connectivity index (χ0n) is 10.3. The van der Waals surface area contributed by atoms with Gasteiger partial charge in [-0.25, -0.2) is 8.78 Å². The minimum atomic E-state index is -0.501. The van der Waals surface area contributed by atoms with Crippen molar-refractivity contribution in [3.63, 3.8) is 0 Å². The molecule has 100 valence electrons. The Kier molecular flexibility index (Phi) is 4.45. The van der Waals surface area contributed by atoms with E-state index in [1.54, 1.807) is 12.1 Å². The fourth-order valence-corrected chi connectivity index (χ4v) is 2.12. The largest absolute Gasteiger partial charge is 0.306 e. The quantitative estimate of drug-likeness (QED) is 0.925. The minimum absolute atomic E-state index is 0.0461. The molecule has 0 aliphatic rings. The summed E-state index contributed by atoms with van der Waals surface area (Å²) in [6, 6.07) is 5.62. The van der Waals surface area contributed by atoms with Gasteiger partial charge in [-0.3, -0.25) is 4.98 Å². The van der Waals surface area contributed by atoms with Gasteiger partial charge < -0.3 is 5.32 Å². The van der Waals surface area contributed by atoms with E-state index in [-0.39, 0.29) is 5.02 Å². The van der Waals surface area contributed by atoms with Gasteiger partial charge in [-0.15, -0.1) is 0 Å². The Morgan fingerprint density at radius 3 is 2.79 bits per heavy atom. The number of rotatable bonds is 4. The summed E-state index contributed by atoms with van der Waals surface area (Å²) in [7, 11) is 0. The average molecular weight is 283 g/mol. The highest BCUT2D eigenvalue weighted by molar-refractivity contribution is 6.30. The highest BCUT2D eigenvalue weighted by Crippen LogP contribution is 2.28. The molecule has 2 nitrogen and oxygen atoms in total. The van der Waals surface area contributed by atoms with Crippen LogP contribution in [0.4, 0.5) is 8.78 Å². The molecular weight excluding hydrogens is 270 g/mol.